The number of rotatable bonds is 4. The summed E-state index contributed by atoms with van der Waals surface area (Å²) in [6.45, 7) is 0. The first-order valence-corrected chi connectivity index (χ1v) is 8.14. The number of aromatic nitrogens is 2. The van der Waals surface area contributed by atoms with Crippen LogP contribution in [0.3, 0.4) is 0 Å². The first-order chi connectivity index (χ1) is 10.3. The van der Waals surface area contributed by atoms with Crippen molar-refractivity contribution in [2.24, 2.45) is 0 Å². The van der Waals surface area contributed by atoms with E-state index in [0.29, 0.717) is 11.3 Å². The van der Waals surface area contributed by atoms with Gasteiger partial charge in [-0.1, -0.05) is 64.1 Å². The maximum absolute atomic E-state index is 12.3. The molecular formula is C16H11BrN2OS. The van der Waals surface area contributed by atoms with Crippen LogP contribution in [-0.4, -0.2) is 21.5 Å². The number of ketones is 1. The van der Waals surface area contributed by atoms with Crippen LogP contribution in [-0.2, 0) is 0 Å². The third-order valence-electron chi connectivity index (χ3n) is 3.02. The summed E-state index contributed by atoms with van der Waals surface area (Å²) in [5.41, 5.74) is 1.59. The monoisotopic (exact) mass is 358 g/mol. The van der Waals surface area contributed by atoms with E-state index in [9.17, 15) is 4.79 Å². The molecule has 0 aliphatic heterocycles. The van der Waals surface area contributed by atoms with Crippen molar-refractivity contribution in [2.75, 3.05) is 5.75 Å². The van der Waals surface area contributed by atoms with Gasteiger partial charge in [0, 0.05) is 15.4 Å². The second-order valence-corrected chi connectivity index (χ2v) is 6.21. The topological polar surface area (TPSA) is 42.9 Å². The molecule has 0 spiro atoms. The van der Waals surface area contributed by atoms with Crippen LogP contribution in [0, 0.1) is 0 Å². The summed E-state index contributed by atoms with van der Waals surface area (Å²) < 4.78 is 0.822. The van der Waals surface area contributed by atoms with E-state index < -0.39 is 0 Å². The van der Waals surface area contributed by atoms with Crippen molar-refractivity contribution in [3.05, 3.63) is 64.9 Å². The Kier molecular flexibility index (Phi) is 4.31. The Labute approximate surface area is 134 Å². The van der Waals surface area contributed by atoms with Gasteiger partial charge in [0.15, 0.2) is 5.78 Å². The zero-order valence-electron chi connectivity index (χ0n) is 11.0. The number of carbonyl (C=O) groups excluding carboxylic acids is 1. The van der Waals surface area contributed by atoms with Crippen LogP contribution in [0.4, 0.5) is 0 Å². The molecule has 0 saturated heterocycles. The van der Waals surface area contributed by atoms with Gasteiger partial charge in [0.1, 0.15) is 11.4 Å². The summed E-state index contributed by atoms with van der Waals surface area (Å²) in [5, 5.41) is 1.81. The molecule has 0 N–H and O–H groups in total. The highest BCUT2D eigenvalue weighted by Crippen LogP contribution is 2.26. The van der Waals surface area contributed by atoms with Crippen LogP contribution in [0.1, 0.15) is 10.4 Å². The highest BCUT2D eigenvalue weighted by molar-refractivity contribution is 9.10. The van der Waals surface area contributed by atoms with E-state index in [4.69, 9.17) is 0 Å². The highest BCUT2D eigenvalue weighted by Gasteiger charge is 2.11. The lowest BCUT2D eigenvalue weighted by Gasteiger charge is -2.05. The van der Waals surface area contributed by atoms with Crippen LogP contribution < -0.4 is 0 Å². The van der Waals surface area contributed by atoms with Gasteiger partial charge in [-0.25, -0.2) is 9.97 Å². The van der Waals surface area contributed by atoms with E-state index in [1.165, 1.54) is 18.1 Å². The zero-order valence-corrected chi connectivity index (χ0v) is 13.4. The third-order valence-corrected chi connectivity index (χ3v) is 4.72. The molecule has 0 atom stereocenters. The summed E-state index contributed by atoms with van der Waals surface area (Å²) in [6.07, 6.45) is 1.54. The number of fused-ring (bicyclic) bond motifs is 1. The number of carbonyl (C=O) groups is 1. The molecule has 0 bridgehead atoms. The van der Waals surface area contributed by atoms with Crippen LogP contribution in [0.15, 0.2) is 64.4 Å². The fraction of sp³-hybridized carbons (Fsp3) is 0.0625. The average molecular weight is 359 g/mol. The lowest BCUT2D eigenvalue weighted by Crippen LogP contribution is -2.03. The lowest BCUT2D eigenvalue weighted by molar-refractivity contribution is 0.102. The molecule has 0 aliphatic carbocycles. The fourth-order valence-electron chi connectivity index (χ4n) is 1.99. The molecular weight excluding hydrogens is 348 g/mol. The van der Waals surface area contributed by atoms with E-state index in [0.717, 1.165) is 20.4 Å². The average Bonchev–Trinajstić information content (AvgIpc) is 2.53. The SMILES string of the molecule is O=C(CSc1ncnc2ccccc12)c1ccccc1Br. The summed E-state index contributed by atoms with van der Waals surface area (Å²) in [4.78, 5) is 20.8. The molecule has 3 aromatic rings. The second kappa shape index (κ2) is 6.37. The van der Waals surface area contributed by atoms with Crippen molar-refractivity contribution in [2.45, 2.75) is 5.03 Å². The highest BCUT2D eigenvalue weighted by atomic mass is 79.9. The lowest BCUT2D eigenvalue weighted by atomic mass is 10.1. The zero-order chi connectivity index (χ0) is 14.7. The van der Waals surface area contributed by atoms with Gasteiger partial charge in [-0.2, -0.15) is 0 Å². The molecule has 21 heavy (non-hydrogen) atoms. The van der Waals surface area contributed by atoms with Gasteiger partial charge in [-0.05, 0) is 12.1 Å². The number of benzene rings is 2. The smallest absolute Gasteiger partial charge is 0.174 e. The summed E-state index contributed by atoms with van der Waals surface area (Å²) in [7, 11) is 0. The Balaban J connectivity index is 1.81. The fourth-order valence-corrected chi connectivity index (χ4v) is 3.37. The second-order valence-electron chi connectivity index (χ2n) is 4.39. The number of thioether (sulfide) groups is 1. The maximum Gasteiger partial charge on any atom is 0.174 e. The Morgan fingerprint density at radius 3 is 2.67 bits per heavy atom. The summed E-state index contributed by atoms with van der Waals surface area (Å²) in [6, 6.07) is 15.3. The first-order valence-electron chi connectivity index (χ1n) is 6.36. The van der Waals surface area contributed by atoms with E-state index in [-0.39, 0.29) is 5.78 Å². The van der Waals surface area contributed by atoms with E-state index in [1.54, 1.807) is 0 Å². The molecule has 0 unspecified atom stereocenters. The van der Waals surface area contributed by atoms with Gasteiger partial charge in [-0.15, -0.1) is 0 Å². The van der Waals surface area contributed by atoms with E-state index in [1.807, 2.05) is 48.5 Å². The number of hydrogen-bond acceptors (Lipinski definition) is 4. The van der Waals surface area contributed by atoms with Gasteiger partial charge in [0.05, 0.1) is 11.3 Å². The van der Waals surface area contributed by atoms with Crippen molar-refractivity contribution >= 4 is 44.4 Å². The molecule has 5 heteroatoms. The number of Topliss-reactive ketones (excluding diaryl/α,β-unsaturated/α-hetero) is 1. The standard InChI is InChI=1S/C16H11BrN2OS/c17-13-7-3-1-5-11(13)15(20)9-21-16-12-6-2-4-8-14(12)18-10-19-16/h1-8,10H,9H2. The molecule has 1 heterocycles. The molecule has 0 saturated carbocycles. The van der Waals surface area contributed by atoms with E-state index >= 15 is 0 Å². The normalized spacial score (nSPS) is 10.7. The van der Waals surface area contributed by atoms with Gasteiger partial charge in [0.25, 0.3) is 0 Å². The largest absolute Gasteiger partial charge is 0.293 e. The number of para-hydroxylation sites is 1. The van der Waals surface area contributed by atoms with Crippen LogP contribution >= 0.6 is 27.7 Å². The Morgan fingerprint density at radius 2 is 1.81 bits per heavy atom. The van der Waals surface area contributed by atoms with Gasteiger partial charge in [0.2, 0.25) is 0 Å². The number of nitrogens with zero attached hydrogens (tertiary/aromatic N) is 2. The van der Waals surface area contributed by atoms with E-state index in [2.05, 4.69) is 25.9 Å². The van der Waals surface area contributed by atoms with Crippen molar-refractivity contribution in [3.63, 3.8) is 0 Å². The van der Waals surface area contributed by atoms with Crippen LogP contribution in [0.2, 0.25) is 0 Å². The first kappa shape index (κ1) is 14.2. The molecule has 0 aliphatic rings. The predicted octanol–water partition coefficient (Wildman–Crippen LogP) is 4.37. The number of halogens is 1. The minimum absolute atomic E-state index is 0.0789. The molecule has 3 rings (SSSR count). The quantitative estimate of drug-likeness (QED) is 0.394. The molecule has 2 aromatic carbocycles. The minimum Gasteiger partial charge on any atom is -0.293 e. The van der Waals surface area contributed by atoms with Crippen molar-refractivity contribution in [1.82, 2.24) is 9.97 Å². The van der Waals surface area contributed by atoms with Crippen LogP contribution in [0.5, 0.6) is 0 Å². The summed E-state index contributed by atoms with van der Waals surface area (Å²) in [5.74, 6) is 0.430. The molecule has 0 fully saturated rings. The molecule has 0 amide bonds. The number of hydrogen-bond donors (Lipinski definition) is 0. The molecule has 1 aromatic heterocycles. The van der Waals surface area contributed by atoms with Crippen molar-refractivity contribution < 1.29 is 4.79 Å². The Bertz CT molecular complexity index is 802. The maximum atomic E-state index is 12.3. The van der Waals surface area contributed by atoms with Gasteiger partial charge >= 0.3 is 0 Å². The summed E-state index contributed by atoms with van der Waals surface area (Å²) >= 11 is 4.85. The van der Waals surface area contributed by atoms with Gasteiger partial charge in [-0.3, -0.25) is 4.79 Å². The van der Waals surface area contributed by atoms with Crippen molar-refractivity contribution in [1.29, 1.82) is 0 Å². The minimum atomic E-state index is 0.0789. The van der Waals surface area contributed by atoms with Crippen LogP contribution in [0.25, 0.3) is 10.9 Å². The third kappa shape index (κ3) is 3.14. The van der Waals surface area contributed by atoms with Crippen molar-refractivity contribution in [3.8, 4) is 0 Å². The van der Waals surface area contributed by atoms with Gasteiger partial charge < -0.3 is 0 Å². The molecule has 104 valence electrons. The Hall–Kier alpha value is -1.72. The Morgan fingerprint density at radius 1 is 1.05 bits per heavy atom. The predicted molar refractivity (Wildman–Crippen MR) is 88.7 cm³/mol. The molecule has 0 radical (unpaired) electrons. The molecule has 3 nitrogen and oxygen atoms in total.